The fraction of sp³-hybridized carbons (Fsp3) is 0.500. The van der Waals surface area contributed by atoms with Gasteiger partial charge in [0.15, 0.2) is 9.84 Å². The van der Waals surface area contributed by atoms with Gasteiger partial charge >= 0.3 is 5.97 Å². The van der Waals surface area contributed by atoms with Crippen molar-refractivity contribution in [1.29, 1.82) is 0 Å². The number of nitrogens with one attached hydrogen (secondary N) is 1. The van der Waals surface area contributed by atoms with Crippen molar-refractivity contribution in [2.75, 3.05) is 16.8 Å². The van der Waals surface area contributed by atoms with Gasteiger partial charge in [0.25, 0.3) is 0 Å². The third-order valence-electron chi connectivity index (χ3n) is 3.36. The van der Waals surface area contributed by atoms with Crippen LogP contribution in [-0.4, -0.2) is 36.9 Å². The van der Waals surface area contributed by atoms with Crippen LogP contribution in [0, 0.1) is 5.92 Å². The van der Waals surface area contributed by atoms with E-state index in [1.165, 1.54) is 0 Å². The number of carbonyl (C=O) groups excluding carboxylic acids is 1. The predicted molar refractivity (Wildman–Crippen MR) is 89.2 cm³/mol. The first-order valence-electron chi connectivity index (χ1n) is 7.28. The van der Waals surface area contributed by atoms with Crippen molar-refractivity contribution < 1.29 is 23.1 Å². The summed E-state index contributed by atoms with van der Waals surface area (Å²) in [5, 5.41) is 11.7. The Morgan fingerprint density at radius 1 is 1.17 bits per heavy atom. The van der Waals surface area contributed by atoms with E-state index in [2.05, 4.69) is 5.32 Å². The maximum atomic E-state index is 11.8. The molecule has 1 aromatic rings. The van der Waals surface area contributed by atoms with Gasteiger partial charge in [0.1, 0.15) is 5.75 Å². The molecule has 0 aliphatic rings. The minimum atomic E-state index is -3.43. The van der Waals surface area contributed by atoms with Gasteiger partial charge in [-0.2, -0.15) is 0 Å². The van der Waals surface area contributed by atoms with Gasteiger partial charge < -0.3 is 10.4 Å². The second-order valence-electron chi connectivity index (χ2n) is 6.50. The second-order valence-corrected chi connectivity index (χ2v) is 8.61. The predicted octanol–water partition coefficient (Wildman–Crippen LogP) is 2.06. The average molecular weight is 341 g/mol. The molecule has 0 bridgehead atoms. The third kappa shape index (κ3) is 5.67. The number of amides is 1. The summed E-state index contributed by atoms with van der Waals surface area (Å²) in [6.45, 7) is 6.72. The van der Waals surface area contributed by atoms with Crippen molar-refractivity contribution in [3.8, 4) is 0 Å². The van der Waals surface area contributed by atoms with Gasteiger partial charge in [-0.3, -0.25) is 9.59 Å². The molecular formula is C16H23NO5S. The van der Waals surface area contributed by atoms with E-state index in [1.54, 1.807) is 52.0 Å². The highest BCUT2D eigenvalue weighted by atomic mass is 32.2. The van der Waals surface area contributed by atoms with Crippen LogP contribution < -0.4 is 5.32 Å². The van der Waals surface area contributed by atoms with Crippen LogP contribution in [0.25, 0.3) is 0 Å². The van der Waals surface area contributed by atoms with Crippen LogP contribution in [-0.2, 0) is 24.8 Å². The molecule has 0 unspecified atom stereocenters. The summed E-state index contributed by atoms with van der Waals surface area (Å²) in [5.41, 5.74) is -0.0153. The summed E-state index contributed by atoms with van der Waals surface area (Å²) in [4.78, 5) is 23.0. The number of carboxylic acid groups (broad SMARTS) is 1. The molecule has 0 fully saturated rings. The molecule has 7 heteroatoms. The second kappa shape index (κ2) is 7.12. The van der Waals surface area contributed by atoms with Crippen molar-refractivity contribution >= 4 is 27.4 Å². The topological polar surface area (TPSA) is 101 Å². The molecule has 6 nitrogen and oxygen atoms in total. The number of rotatable bonds is 7. The Morgan fingerprint density at radius 3 is 2.13 bits per heavy atom. The molecule has 0 heterocycles. The number of hydrogen-bond acceptors (Lipinski definition) is 4. The Kier molecular flexibility index (Phi) is 5.93. The summed E-state index contributed by atoms with van der Waals surface area (Å²) in [6.07, 6.45) is 0. The number of sulfone groups is 1. The molecule has 23 heavy (non-hydrogen) atoms. The lowest BCUT2D eigenvalue weighted by atomic mass is 9.85. The molecule has 1 amide bonds. The largest absolute Gasteiger partial charge is 0.481 e. The highest BCUT2D eigenvalue weighted by molar-refractivity contribution is 7.92. The lowest BCUT2D eigenvalue weighted by molar-refractivity contribution is -0.142. The van der Waals surface area contributed by atoms with Gasteiger partial charge in [0, 0.05) is 5.69 Å². The smallest absolute Gasteiger partial charge is 0.313 e. The van der Waals surface area contributed by atoms with Gasteiger partial charge in [0.2, 0.25) is 5.91 Å². The number of anilines is 1. The van der Waals surface area contributed by atoms with Crippen molar-refractivity contribution in [3.63, 3.8) is 0 Å². The van der Waals surface area contributed by atoms with Crippen LogP contribution in [0.5, 0.6) is 0 Å². The Bertz CT molecular complexity index is 675. The summed E-state index contributed by atoms with van der Waals surface area (Å²) >= 11 is 0. The van der Waals surface area contributed by atoms with Gasteiger partial charge in [-0.1, -0.05) is 26.0 Å². The number of hydrogen-bond donors (Lipinski definition) is 2. The highest BCUT2D eigenvalue weighted by Crippen LogP contribution is 2.24. The van der Waals surface area contributed by atoms with Gasteiger partial charge in [-0.05, 0) is 37.5 Å². The quantitative estimate of drug-likeness (QED) is 0.790. The molecule has 1 rings (SSSR count). The Morgan fingerprint density at radius 2 is 1.70 bits per heavy atom. The summed E-state index contributed by atoms with van der Waals surface area (Å²) in [6, 6.07) is 6.33. The van der Waals surface area contributed by atoms with E-state index in [4.69, 9.17) is 0 Å². The van der Waals surface area contributed by atoms with Crippen molar-refractivity contribution in [1.82, 2.24) is 0 Å². The molecule has 0 aliphatic heterocycles. The van der Waals surface area contributed by atoms with Crippen LogP contribution in [0.1, 0.15) is 33.3 Å². The fourth-order valence-corrected chi connectivity index (χ4v) is 3.66. The minimum absolute atomic E-state index is 0.0356. The molecule has 2 N–H and O–H groups in total. The Balaban J connectivity index is 2.76. The first kappa shape index (κ1) is 19.2. The number of carboxylic acids is 1. The zero-order valence-corrected chi connectivity index (χ0v) is 14.6. The van der Waals surface area contributed by atoms with Crippen LogP contribution in [0.2, 0.25) is 0 Å². The highest BCUT2D eigenvalue weighted by Gasteiger charge is 2.29. The normalized spacial score (nSPS) is 12.2. The van der Waals surface area contributed by atoms with Crippen LogP contribution in [0.4, 0.5) is 5.69 Å². The molecule has 0 spiro atoms. The number of aliphatic carboxylic acids is 1. The standard InChI is InChI=1S/C16H23NO5S/c1-11(2)9-23(21,22)10-14(18)17-13-7-5-12(6-8-13)16(3,4)15(19)20/h5-8,11H,9-10H2,1-4H3,(H,17,18)(H,19,20). The van der Waals surface area contributed by atoms with Crippen molar-refractivity contribution in [3.05, 3.63) is 29.8 Å². The summed E-state index contributed by atoms with van der Waals surface area (Å²) in [7, 11) is -3.43. The first-order chi connectivity index (χ1) is 10.4. The molecule has 128 valence electrons. The monoisotopic (exact) mass is 341 g/mol. The van der Waals surface area contributed by atoms with E-state index >= 15 is 0 Å². The van der Waals surface area contributed by atoms with E-state index < -0.39 is 32.9 Å². The van der Waals surface area contributed by atoms with Gasteiger partial charge in [-0.25, -0.2) is 8.42 Å². The summed E-state index contributed by atoms with van der Waals surface area (Å²) < 4.78 is 23.6. The lowest BCUT2D eigenvalue weighted by Gasteiger charge is -2.19. The number of benzene rings is 1. The maximum absolute atomic E-state index is 11.8. The average Bonchev–Trinajstić information content (AvgIpc) is 2.36. The first-order valence-corrected chi connectivity index (χ1v) is 9.10. The van der Waals surface area contributed by atoms with E-state index in [9.17, 15) is 23.1 Å². The fourth-order valence-electron chi connectivity index (χ4n) is 2.06. The zero-order valence-electron chi connectivity index (χ0n) is 13.8. The third-order valence-corrected chi connectivity index (χ3v) is 5.24. The van der Waals surface area contributed by atoms with Crippen LogP contribution in [0.15, 0.2) is 24.3 Å². The number of carbonyl (C=O) groups is 2. The zero-order chi connectivity index (χ0) is 17.8. The van der Waals surface area contributed by atoms with Crippen molar-refractivity contribution in [2.45, 2.75) is 33.1 Å². The van der Waals surface area contributed by atoms with E-state index in [0.29, 0.717) is 11.3 Å². The van der Waals surface area contributed by atoms with Gasteiger partial charge in [-0.15, -0.1) is 0 Å². The molecule has 0 saturated heterocycles. The maximum Gasteiger partial charge on any atom is 0.313 e. The molecule has 0 aromatic heterocycles. The van der Waals surface area contributed by atoms with E-state index in [-0.39, 0.29) is 11.7 Å². The SMILES string of the molecule is CC(C)CS(=O)(=O)CC(=O)Nc1ccc(C(C)(C)C(=O)O)cc1. The molecule has 0 atom stereocenters. The Hall–Kier alpha value is -1.89. The molecule has 0 aliphatic carbocycles. The van der Waals surface area contributed by atoms with E-state index in [0.717, 1.165) is 0 Å². The molecular weight excluding hydrogens is 318 g/mol. The van der Waals surface area contributed by atoms with Crippen LogP contribution in [0.3, 0.4) is 0 Å². The van der Waals surface area contributed by atoms with Crippen LogP contribution >= 0.6 is 0 Å². The molecule has 1 aromatic carbocycles. The molecule has 0 saturated carbocycles. The minimum Gasteiger partial charge on any atom is -0.481 e. The van der Waals surface area contributed by atoms with Crippen molar-refractivity contribution in [2.24, 2.45) is 5.92 Å². The van der Waals surface area contributed by atoms with E-state index in [1.807, 2.05) is 0 Å². The summed E-state index contributed by atoms with van der Waals surface area (Å²) in [5.74, 6) is -2.19. The Labute approximate surface area is 136 Å². The van der Waals surface area contributed by atoms with Gasteiger partial charge in [0.05, 0.1) is 11.2 Å². The lowest BCUT2D eigenvalue weighted by Crippen LogP contribution is -2.28. The molecule has 0 radical (unpaired) electrons.